The van der Waals surface area contributed by atoms with Gasteiger partial charge in [0.15, 0.2) is 18.0 Å². The predicted octanol–water partition coefficient (Wildman–Crippen LogP) is 10.3. The van der Waals surface area contributed by atoms with E-state index < -0.39 is 253 Å². The van der Waals surface area contributed by atoms with E-state index in [0.29, 0.717) is 62.7 Å². The van der Waals surface area contributed by atoms with Crippen LogP contribution in [0.5, 0.6) is 5.75 Å². The van der Waals surface area contributed by atoms with Crippen LogP contribution in [-0.2, 0) is 105 Å². The van der Waals surface area contributed by atoms with Crippen molar-refractivity contribution in [2.75, 3.05) is 69.7 Å². The number of aliphatic hydroxyl groups is 5. The number of nitrogens with one attached hydrogen (secondary N) is 2. The Hall–Kier alpha value is -11.1. The average molecular weight is 2030 g/mol. The van der Waals surface area contributed by atoms with Crippen LogP contribution < -0.4 is 15.4 Å². The van der Waals surface area contributed by atoms with Gasteiger partial charge < -0.3 is 104 Å². The van der Waals surface area contributed by atoms with Gasteiger partial charge in [0.05, 0.1) is 85.0 Å². The number of ketones is 2. The summed E-state index contributed by atoms with van der Waals surface area (Å²) < 4.78 is 52.8. The Bertz CT molecular complexity index is 5020. The molecule has 3 heterocycles. The number of amides is 8. The summed E-state index contributed by atoms with van der Waals surface area (Å²) in [6.45, 7) is 28.2. The summed E-state index contributed by atoms with van der Waals surface area (Å²) in [4.78, 5) is 194. The molecule has 4 aromatic carbocycles. The van der Waals surface area contributed by atoms with E-state index in [0.717, 1.165) is 28.0 Å². The second-order valence-electron chi connectivity index (χ2n) is 40.5. The molecule has 0 saturated carbocycles. The van der Waals surface area contributed by atoms with E-state index in [1.54, 1.807) is 105 Å². The van der Waals surface area contributed by atoms with Crippen molar-refractivity contribution in [3.05, 3.63) is 141 Å². The van der Waals surface area contributed by atoms with E-state index in [4.69, 9.17) is 49.1 Å². The number of nitrogens with zero attached hydrogens (tertiary/aromatic N) is 7. The van der Waals surface area contributed by atoms with Gasteiger partial charge in [0.25, 0.3) is 0 Å². The fourth-order valence-electron chi connectivity index (χ4n) is 20.2. The Morgan fingerprint density at radius 2 is 0.952 bits per heavy atom. The lowest BCUT2D eigenvalue weighted by Gasteiger charge is -2.41. The quantitative estimate of drug-likeness (QED) is 0.00669. The van der Waals surface area contributed by atoms with Gasteiger partial charge in [-0.3, -0.25) is 63.1 Å². The van der Waals surface area contributed by atoms with Gasteiger partial charge in [0.2, 0.25) is 41.7 Å². The van der Waals surface area contributed by atoms with E-state index in [1.165, 1.54) is 70.5 Å². The Kier molecular flexibility index (Phi) is 46.8. The molecule has 0 spiro atoms. The van der Waals surface area contributed by atoms with Crippen LogP contribution in [0.2, 0.25) is 0 Å². The summed E-state index contributed by atoms with van der Waals surface area (Å²) in [6, 6.07) is 18.1. The van der Waals surface area contributed by atoms with Gasteiger partial charge in [0, 0.05) is 106 Å². The highest BCUT2D eigenvalue weighted by atomic mass is 16.7. The molecule has 26 atom stereocenters. The third-order valence-electron chi connectivity index (χ3n) is 29.0. The van der Waals surface area contributed by atoms with E-state index in [2.05, 4.69) is 16.6 Å². The molecule has 0 aromatic heterocycles. The minimum Gasteiger partial charge on any atom is -0.479 e. The van der Waals surface area contributed by atoms with E-state index in [9.17, 15) is 83.9 Å². The molecule has 3 aliphatic heterocycles. The molecule has 804 valence electrons. The number of aliphatic carboxylic acids is 1. The Morgan fingerprint density at radius 1 is 0.524 bits per heavy atom. The number of benzene rings is 4. The zero-order chi connectivity index (χ0) is 108. The predicted molar refractivity (Wildman–Crippen MR) is 535 cm³/mol. The molecule has 7 rings (SSSR count). The molecule has 8 N–H and O–H groups in total. The SMILES string of the molecule is C#CC(OC(=O)Cc1ccc(COC(=O)N(C)[C@@H](C(=O)N[C@@H](C(=O)N(C)C([C@H](C)CC)[C@H](CC(=O)N2CCCC2[C@@H](OC)[C@H](C)C(=O)C[C@@H](C)[C@H](O)c2ccccc2)OC)C(C)C)C(C)C)cc1COC(=O)N(C)[C@@H](C(=O)N[C@@H](C(=O)N(C)C([C@H](C)CC)[C@H](CC(=O)N1CCCC1[C@@H](OC)[C@H](C)C(=O)C[C@@H](C)[C@H](O)c1ccccc1)OC)C(C)C)C(C)C)c1ccc(OC2OC(C(=O)O)C(O)C(O)C2O)c([N+](=O)[O-])c1. The van der Waals surface area contributed by atoms with Crippen molar-refractivity contribution in [2.24, 2.45) is 59.2 Å². The van der Waals surface area contributed by atoms with Crippen LogP contribution in [0.25, 0.3) is 0 Å². The molecule has 38 nitrogen and oxygen atoms in total. The molecule has 4 aromatic rings. The maximum Gasteiger partial charge on any atom is 0.410 e. The molecule has 38 heteroatoms. The number of carbonyl (C=O) groups excluding carboxylic acids is 11. The number of nitro groups is 1. The number of hydrogen-bond donors (Lipinski definition) is 8. The zero-order valence-corrected chi connectivity index (χ0v) is 88.4. The normalized spacial score (nSPS) is 20.9. The van der Waals surface area contributed by atoms with Gasteiger partial charge in [0.1, 0.15) is 67.3 Å². The summed E-state index contributed by atoms with van der Waals surface area (Å²) in [5.41, 5.74) is 0.785. The lowest BCUT2D eigenvalue weighted by atomic mass is 9.85. The number of terminal acetylenes is 1. The van der Waals surface area contributed by atoms with Crippen LogP contribution >= 0.6 is 0 Å². The molecule has 0 radical (unpaired) electrons. The molecule has 3 aliphatic rings. The summed E-state index contributed by atoms with van der Waals surface area (Å²) >= 11 is 0. The number of aliphatic hydroxyl groups excluding tert-OH is 5. The zero-order valence-electron chi connectivity index (χ0n) is 88.4. The van der Waals surface area contributed by atoms with Crippen LogP contribution in [0, 0.1) is 81.6 Å². The highest BCUT2D eigenvalue weighted by Crippen LogP contribution is 2.39. The number of ether oxygens (including phenoxy) is 9. The molecule has 0 aliphatic carbocycles. The summed E-state index contributed by atoms with van der Waals surface area (Å²) in [6.07, 6.45) is -10.6. The van der Waals surface area contributed by atoms with Gasteiger partial charge in [-0.2, -0.15) is 0 Å². The standard InChI is InChI=1S/C107H157N9O29/c1-26-62(12)90(81(137-22)54-83(119)114-47-35-41-74(114)97(139-24)66(16)77(117)49-64(14)92(122)69-37-31-29-32-38-69)110(18)102(129)86(58(4)5)108-100(127)88(60(8)9)112(20)106(133)141-56-68-43-44-71(53-85(121)143-79(28-3)72-45-46-80(76(52-72)116(135)136)144-105-96(126)94(124)95(125)99(145-105)104(131)132)73(51-68)57-142-107(134)113(21)89(61(10)11)101(128)109-87(59(6)7)103(130)111(19)91(63(13)27-2)82(138-23)55-84(120)115-48-36-42-75(115)98(140-25)67(17)78(118)50-65(15)93(123)70-39-33-30-34-40-70/h3,29-34,37-40,43-46,51-52,58-67,74-75,79,81-82,86-99,105,122-126H,26-27,35-36,41-42,47-50,53-57H2,1-2,4-25H3,(H,108,127)(H,109,128)(H,131,132)/t62-,63-,64-,65-,66-,67-,74?,75?,79?,81+,82+,86-,87-,88-,89-,90?,91?,92+,93+,94?,95?,96?,97+,98+,99?,105?/m1/s1. The van der Waals surface area contributed by atoms with Crippen LogP contribution in [-0.4, -0.2) is 309 Å². The second kappa shape index (κ2) is 56.1. The first kappa shape index (κ1) is 121. The topological polar surface area (TPSA) is 496 Å². The summed E-state index contributed by atoms with van der Waals surface area (Å²) in [5.74, 6) is -9.53. The summed E-state index contributed by atoms with van der Waals surface area (Å²) in [5, 5.41) is 81.7. The number of likely N-dealkylation sites (tertiary alicyclic amines) is 2. The lowest BCUT2D eigenvalue weighted by molar-refractivity contribution is -0.387. The van der Waals surface area contributed by atoms with Gasteiger partial charge in [-0.15, -0.1) is 6.42 Å². The van der Waals surface area contributed by atoms with Crippen molar-refractivity contribution in [3.8, 4) is 18.1 Å². The first-order chi connectivity index (χ1) is 68.4. The van der Waals surface area contributed by atoms with Gasteiger partial charge in [-0.05, 0) is 113 Å². The molecule has 8 amide bonds. The van der Waals surface area contributed by atoms with Crippen LogP contribution in [0.15, 0.2) is 97.1 Å². The number of carboxylic acids is 1. The van der Waals surface area contributed by atoms with Crippen molar-refractivity contribution >= 4 is 76.8 Å². The minimum absolute atomic E-state index is 0.0677. The highest BCUT2D eigenvalue weighted by molar-refractivity contribution is 5.93. The van der Waals surface area contributed by atoms with Crippen molar-refractivity contribution in [2.45, 2.75) is 316 Å². The van der Waals surface area contributed by atoms with Gasteiger partial charge in [-0.1, -0.05) is 208 Å². The maximum absolute atomic E-state index is 15.3. The molecular formula is C107H157N9O29. The Labute approximate surface area is 852 Å². The van der Waals surface area contributed by atoms with E-state index in [-0.39, 0.29) is 83.2 Å². The Morgan fingerprint density at radius 3 is 1.33 bits per heavy atom. The second-order valence-corrected chi connectivity index (χ2v) is 40.5. The summed E-state index contributed by atoms with van der Waals surface area (Å²) in [7, 11) is 11.8. The number of nitro benzene ring substituents is 1. The molecule has 3 fully saturated rings. The van der Waals surface area contributed by atoms with Crippen molar-refractivity contribution in [3.63, 3.8) is 0 Å². The fourth-order valence-corrected chi connectivity index (χ4v) is 20.2. The molecule has 3 saturated heterocycles. The number of rotatable bonds is 54. The fraction of sp³-hybridized carbons (Fsp3) is 0.645. The Balaban J connectivity index is 1.10. The number of carboxylic acid groups (broad SMARTS) is 1. The number of hydrogen-bond acceptors (Lipinski definition) is 28. The number of likely N-dealkylation sites (N-methyl/N-ethyl adjacent to an activating group) is 4. The number of carbonyl (C=O) groups is 12. The third-order valence-corrected chi connectivity index (χ3v) is 29.0. The lowest BCUT2D eigenvalue weighted by Crippen LogP contribution is -2.61. The largest absolute Gasteiger partial charge is 0.479 e. The van der Waals surface area contributed by atoms with Crippen molar-refractivity contribution in [1.82, 2.24) is 40.0 Å². The first-order valence-corrected chi connectivity index (χ1v) is 50.2. The van der Waals surface area contributed by atoms with Crippen LogP contribution in [0.1, 0.15) is 227 Å². The minimum atomic E-state index is -2.13. The monoisotopic (exact) mass is 2030 g/mol. The van der Waals surface area contributed by atoms with Crippen LogP contribution in [0.4, 0.5) is 15.3 Å². The molecular weight excluding hydrogens is 1880 g/mol. The van der Waals surface area contributed by atoms with Gasteiger partial charge >= 0.3 is 29.8 Å². The number of methoxy groups -OCH3 is 4. The van der Waals surface area contributed by atoms with Crippen molar-refractivity contribution in [1.29, 1.82) is 0 Å². The molecule has 0 bridgehead atoms. The van der Waals surface area contributed by atoms with Crippen molar-refractivity contribution < 1.29 is 136 Å². The first-order valence-electron chi connectivity index (χ1n) is 50.2. The van der Waals surface area contributed by atoms with Gasteiger partial charge in [-0.25, -0.2) is 14.4 Å². The molecule has 10 unspecified atom stereocenters. The number of esters is 1. The maximum atomic E-state index is 15.3. The number of Topliss-reactive ketones (excluding diaryl/α,β-unsaturated/α-hetero) is 2. The van der Waals surface area contributed by atoms with E-state index in [1.807, 2.05) is 90.1 Å². The highest BCUT2D eigenvalue weighted by Gasteiger charge is 2.51. The molecule has 145 heavy (non-hydrogen) atoms. The van der Waals surface area contributed by atoms with E-state index >= 15 is 14.4 Å². The van der Waals surface area contributed by atoms with Crippen LogP contribution in [0.3, 0.4) is 0 Å². The smallest absolute Gasteiger partial charge is 0.410 e. The third kappa shape index (κ3) is 31.0. The average Bonchev–Trinajstić information content (AvgIpc) is 1.58.